The van der Waals surface area contributed by atoms with Crippen LogP contribution in [0.3, 0.4) is 0 Å². The molecule has 2 rings (SSSR count). The first kappa shape index (κ1) is 10.5. The maximum Gasteiger partial charge on any atom is 0.0484 e. The van der Waals surface area contributed by atoms with Gasteiger partial charge in [-0.1, -0.05) is 41.9 Å². The van der Waals surface area contributed by atoms with E-state index in [1.807, 2.05) is 19.2 Å². The quantitative estimate of drug-likeness (QED) is 0.836. The summed E-state index contributed by atoms with van der Waals surface area (Å²) in [5, 5.41) is 6.40. The second kappa shape index (κ2) is 4.65. The lowest BCUT2D eigenvalue weighted by Crippen LogP contribution is -2.10. The molecule has 1 N–H and O–H groups in total. The molecule has 0 heterocycles. The molecule has 0 aliphatic carbocycles. The van der Waals surface area contributed by atoms with E-state index in [-0.39, 0.29) is 0 Å². The van der Waals surface area contributed by atoms with Crippen LogP contribution in [0.2, 0.25) is 5.02 Å². The maximum atomic E-state index is 6.15. The predicted molar refractivity (Wildman–Crippen MR) is 66.6 cm³/mol. The van der Waals surface area contributed by atoms with Gasteiger partial charge in [0.2, 0.25) is 0 Å². The van der Waals surface area contributed by atoms with Crippen LogP contribution in [0.4, 0.5) is 0 Å². The van der Waals surface area contributed by atoms with Crippen LogP contribution in [0.5, 0.6) is 0 Å². The van der Waals surface area contributed by atoms with Crippen LogP contribution in [-0.2, 0) is 6.42 Å². The number of likely N-dealkylation sites (N-methyl/N-ethyl adjacent to an activating group) is 1. The zero-order valence-corrected chi connectivity index (χ0v) is 9.51. The second-order valence-corrected chi connectivity index (χ2v) is 4.01. The summed E-state index contributed by atoms with van der Waals surface area (Å²) in [6.07, 6.45) is 1.04. The van der Waals surface area contributed by atoms with Gasteiger partial charge in [-0.3, -0.25) is 0 Å². The van der Waals surface area contributed by atoms with Crippen LogP contribution in [-0.4, -0.2) is 13.6 Å². The van der Waals surface area contributed by atoms with E-state index in [0.29, 0.717) is 0 Å². The van der Waals surface area contributed by atoms with E-state index in [9.17, 15) is 0 Å². The van der Waals surface area contributed by atoms with Gasteiger partial charge in [0.15, 0.2) is 0 Å². The van der Waals surface area contributed by atoms with Crippen LogP contribution in [0.15, 0.2) is 36.4 Å². The second-order valence-electron chi connectivity index (χ2n) is 3.61. The molecule has 2 heteroatoms. The number of rotatable bonds is 3. The Balaban J connectivity index is 2.51. The highest BCUT2D eigenvalue weighted by atomic mass is 35.5. The third-order valence-corrected chi connectivity index (χ3v) is 2.93. The molecule has 0 bridgehead atoms. The van der Waals surface area contributed by atoms with Gasteiger partial charge in [-0.05, 0) is 37.0 Å². The van der Waals surface area contributed by atoms with Crippen LogP contribution >= 0.6 is 11.6 Å². The first-order chi connectivity index (χ1) is 7.33. The van der Waals surface area contributed by atoms with Crippen molar-refractivity contribution in [3.05, 3.63) is 47.0 Å². The van der Waals surface area contributed by atoms with Gasteiger partial charge in [0.05, 0.1) is 0 Å². The summed E-state index contributed by atoms with van der Waals surface area (Å²) in [6.45, 7) is 0.992. The minimum Gasteiger partial charge on any atom is -0.319 e. The van der Waals surface area contributed by atoms with Crippen LogP contribution in [0, 0.1) is 0 Å². The highest BCUT2D eigenvalue weighted by Gasteiger charge is 2.02. The minimum absolute atomic E-state index is 0.832. The molecular weight excluding hydrogens is 206 g/mol. The molecule has 0 saturated heterocycles. The lowest BCUT2D eigenvalue weighted by Gasteiger charge is -2.07. The molecule has 0 amide bonds. The molecule has 15 heavy (non-hydrogen) atoms. The van der Waals surface area contributed by atoms with Crippen molar-refractivity contribution in [1.82, 2.24) is 5.32 Å². The third-order valence-electron chi connectivity index (χ3n) is 2.60. The number of fused-ring (bicyclic) bond motifs is 1. The van der Waals surface area contributed by atoms with E-state index >= 15 is 0 Å². The van der Waals surface area contributed by atoms with E-state index in [2.05, 4.69) is 29.6 Å². The van der Waals surface area contributed by atoms with Gasteiger partial charge in [-0.2, -0.15) is 0 Å². The number of halogens is 1. The van der Waals surface area contributed by atoms with Crippen molar-refractivity contribution in [1.29, 1.82) is 0 Å². The van der Waals surface area contributed by atoms with Crippen molar-refractivity contribution in [2.75, 3.05) is 13.6 Å². The Morgan fingerprint density at radius 1 is 1.07 bits per heavy atom. The average Bonchev–Trinajstić information content (AvgIpc) is 2.27. The van der Waals surface area contributed by atoms with Crippen molar-refractivity contribution in [2.24, 2.45) is 0 Å². The van der Waals surface area contributed by atoms with Crippen molar-refractivity contribution < 1.29 is 0 Å². The summed E-state index contributed by atoms with van der Waals surface area (Å²) in [5.74, 6) is 0. The fraction of sp³-hybridized carbons (Fsp3) is 0.231. The lowest BCUT2D eigenvalue weighted by atomic mass is 10.0. The van der Waals surface area contributed by atoms with Gasteiger partial charge in [0.25, 0.3) is 0 Å². The molecule has 0 saturated carbocycles. The van der Waals surface area contributed by atoms with E-state index in [1.165, 1.54) is 10.9 Å². The van der Waals surface area contributed by atoms with Gasteiger partial charge in [0.1, 0.15) is 0 Å². The summed E-state index contributed by atoms with van der Waals surface area (Å²) in [5.41, 5.74) is 1.35. The van der Waals surface area contributed by atoms with Crippen LogP contribution in [0.1, 0.15) is 5.56 Å². The highest BCUT2D eigenvalue weighted by molar-refractivity contribution is 6.35. The van der Waals surface area contributed by atoms with Gasteiger partial charge in [-0.25, -0.2) is 0 Å². The summed E-state index contributed by atoms with van der Waals surface area (Å²) in [4.78, 5) is 0. The van der Waals surface area contributed by atoms with Crippen molar-refractivity contribution >= 4 is 22.4 Å². The monoisotopic (exact) mass is 219 g/mol. The number of hydrogen-bond acceptors (Lipinski definition) is 1. The molecule has 0 aliphatic rings. The van der Waals surface area contributed by atoms with E-state index < -0.39 is 0 Å². The van der Waals surface area contributed by atoms with Crippen molar-refractivity contribution in [3.8, 4) is 0 Å². The SMILES string of the molecule is CNCCc1cccc2c(Cl)cccc12. The van der Waals surface area contributed by atoms with E-state index in [1.54, 1.807) is 0 Å². The average molecular weight is 220 g/mol. The molecule has 0 radical (unpaired) electrons. The van der Waals surface area contributed by atoms with Gasteiger partial charge in [-0.15, -0.1) is 0 Å². The molecule has 0 atom stereocenters. The zero-order valence-electron chi connectivity index (χ0n) is 8.76. The molecule has 1 nitrogen and oxygen atoms in total. The molecule has 0 spiro atoms. The van der Waals surface area contributed by atoms with Gasteiger partial charge < -0.3 is 5.32 Å². The normalized spacial score (nSPS) is 10.8. The van der Waals surface area contributed by atoms with E-state index in [0.717, 1.165) is 23.4 Å². The molecule has 78 valence electrons. The summed E-state index contributed by atoms with van der Waals surface area (Å²) >= 11 is 6.15. The summed E-state index contributed by atoms with van der Waals surface area (Å²) in [7, 11) is 1.97. The molecular formula is C13H14ClN. The Morgan fingerprint density at radius 2 is 1.80 bits per heavy atom. The fourth-order valence-corrected chi connectivity index (χ4v) is 2.05. The lowest BCUT2D eigenvalue weighted by molar-refractivity contribution is 0.795. The predicted octanol–water partition coefficient (Wildman–Crippen LogP) is 3.26. The molecule has 2 aromatic carbocycles. The first-order valence-corrected chi connectivity index (χ1v) is 5.51. The third kappa shape index (κ3) is 2.14. The van der Waals surface area contributed by atoms with Crippen LogP contribution in [0.25, 0.3) is 10.8 Å². The maximum absolute atomic E-state index is 6.15. The van der Waals surface area contributed by atoms with Gasteiger partial charge >= 0.3 is 0 Å². The van der Waals surface area contributed by atoms with Gasteiger partial charge in [0, 0.05) is 10.4 Å². The standard InChI is InChI=1S/C13H14ClN/c1-15-9-8-10-4-2-6-12-11(10)5-3-7-13(12)14/h2-7,15H,8-9H2,1H3. The van der Waals surface area contributed by atoms with Crippen molar-refractivity contribution in [2.45, 2.75) is 6.42 Å². The van der Waals surface area contributed by atoms with Crippen LogP contribution < -0.4 is 5.32 Å². The largest absolute Gasteiger partial charge is 0.319 e. The Bertz CT molecular complexity index is 465. The molecule has 0 aromatic heterocycles. The molecule has 0 unspecified atom stereocenters. The smallest absolute Gasteiger partial charge is 0.0484 e. The number of hydrogen-bond donors (Lipinski definition) is 1. The fourth-order valence-electron chi connectivity index (χ4n) is 1.81. The zero-order chi connectivity index (χ0) is 10.7. The Morgan fingerprint density at radius 3 is 2.60 bits per heavy atom. The Kier molecular flexibility index (Phi) is 3.24. The first-order valence-electron chi connectivity index (χ1n) is 5.13. The van der Waals surface area contributed by atoms with Crippen molar-refractivity contribution in [3.63, 3.8) is 0 Å². The summed E-state index contributed by atoms with van der Waals surface area (Å²) in [6, 6.07) is 12.4. The Hall–Kier alpha value is -1.05. The summed E-state index contributed by atoms with van der Waals surface area (Å²) < 4.78 is 0. The molecule has 2 aromatic rings. The topological polar surface area (TPSA) is 12.0 Å². The Labute approximate surface area is 95.1 Å². The number of nitrogens with one attached hydrogen (secondary N) is 1. The molecule has 0 fully saturated rings. The highest BCUT2D eigenvalue weighted by Crippen LogP contribution is 2.25. The van der Waals surface area contributed by atoms with E-state index in [4.69, 9.17) is 11.6 Å². The molecule has 0 aliphatic heterocycles. The number of benzene rings is 2. The minimum atomic E-state index is 0.832.